The zero-order valence-corrected chi connectivity index (χ0v) is 11.7. The average Bonchev–Trinajstić information content (AvgIpc) is 2.38. The number of nitrogens with zero attached hydrogens (tertiary/aromatic N) is 1. The van der Waals surface area contributed by atoms with Gasteiger partial charge in [-0.1, -0.05) is 24.1 Å². The van der Waals surface area contributed by atoms with Gasteiger partial charge in [0.1, 0.15) is 0 Å². The number of sulfonamides is 1. The molecule has 0 heterocycles. The van der Waals surface area contributed by atoms with Gasteiger partial charge in [0, 0.05) is 0 Å². The Bertz CT molecular complexity index is 564. The largest absolute Gasteiger partial charge is 0.387 e. The lowest BCUT2D eigenvalue weighted by molar-refractivity contribution is 0.214. The van der Waals surface area contributed by atoms with Crippen LogP contribution in [-0.4, -0.2) is 25.3 Å². The van der Waals surface area contributed by atoms with Crippen LogP contribution in [0.4, 0.5) is 0 Å². The van der Waals surface area contributed by atoms with Gasteiger partial charge in [0.15, 0.2) is 0 Å². The minimum absolute atomic E-state index is 0.174. The van der Waals surface area contributed by atoms with Gasteiger partial charge in [-0.25, -0.2) is 4.83 Å². The van der Waals surface area contributed by atoms with Crippen molar-refractivity contribution in [2.24, 2.45) is 5.10 Å². The number of hydrogen-bond donors (Lipinski definition) is 2. The van der Waals surface area contributed by atoms with Crippen molar-refractivity contribution in [2.45, 2.75) is 43.6 Å². The van der Waals surface area contributed by atoms with Gasteiger partial charge in [0.05, 0.1) is 16.7 Å². The summed E-state index contributed by atoms with van der Waals surface area (Å²) < 4.78 is 24.0. The highest BCUT2D eigenvalue weighted by atomic mass is 32.2. The van der Waals surface area contributed by atoms with E-state index in [2.05, 4.69) is 9.93 Å². The topological polar surface area (TPSA) is 78.8 Å². The molecule has 0 amide bonds. The standard InChI is InChI=1S/C13H18N2O3S/c1-10-6-8-11(9-7-10)19(17,18)15-14-12-4-2-3-5-13(12)16/h6-9,13,15-16H,2-5H2,1H3. The zero-order chi connectivity index (χ0) is 13.9. The molecule has 1 unspecified atom stereocenters. The number of aliphatic hydroxyl groups is 1. The van der Waals surface area contributed by atoms with Crippen LogP contribution < -0.4 is 4.83 Å². The van der Waals surface area contributed by atoms with Gasteiger partial charge in [-0.15, -0.1) is 0 Å². The minimum Gasteiger partial charge on any atom is -0.387 e. The van der Waals surface area contributed by atoms with Crippen molar-refractivity contribution >= 4 is 15.7 Å². The summed E-state index contributed by atoms with van der Waals surface area (Å²) in [5.74, 6) is 0. The number of nitrogens with one attached hydrogen (secondary N) is 1. The van der Waals surface area contributed by atoms with E-state index in [-0.39, 0.29) is 4.90 Å². The summed E-state index contributed by atoms with van der Waals surface area (Å²) in [7, 11) is -3.65. The molecule has 1 fully saturated rings. The molecule has 0 aromatic heterocycles. The van der Waals surface area contributed by atoms with Gasteiger partial charge in [0.25, 0.3) is 10.0 Å². The monoisotopic (exact) mass is 282 g/mol. The third-order valence-electron chi connectivity index (χ3n) is 3.19. The van der Waals surface area contributed by atoms with Crippen molar-refractivity contribution in [3.8, 4) is 0 Å². The Hall–Kier alpha value is -1.40. The van der Waals surface area contributed by atoms with Crippen LogP contribution in [0, 0.1) is 6.92 Å². The van der Waals surface area contributed by atoms with E-state index in [1.54, 1.807) is 12.1 Å². The van der Waals surface area contributed by atoms with Gasteiger partial charge >= 0.3 is 0 Å². The maximum atomic E-state index is 12.0. The Balaban J connectivity index is 2.13. The molecule has 1 aromatic carbocycles. The summed E-state index contributed by atoms with van der Waals surface area (Å²) in [4.78, 5) is 2.37. The molecule has 104 valence electrons. The number of aryl methyl sites for hydroxylation is 1. The first-order valence-corrected chi connectivity index (χ1v) is 7.80. The van der Waals surface area contributed by atoms with Crippen molar-refractivity contribution in [2.75, 3.05) is 0 Å². The molecule has 19 heavy (non-hydrogen) atoms. The van der Waals surface area contributed by atoms with Crippen LogP contribution in [0.15, 0.2) is 34.3 Å². The van der Waals surface area contributed by atoms with Crippen molar-refractivity contribution in [3.63, 3.8) is 0 Å². The Morgan fingerprint density at radius 3 is 2.58 bits per heavy atom. The number of rotatable bonds is 3. The SMILES string of the molecule is Cc1ccc(S(=O)(=O)NN=C2CCCCC2O)cc1. The second-order valence-corrected chi connectivity index (χ2v) is 6.43. The van der Waals surface area contributed by atoms with Gasteiger partial charge in [-0.05, 0) is 38.3 Å². The molecule has 0 spiro atoms. The molecule has 1 aliphatic rings. The highest BCUT2D eigenvalue weighted by Gasteiger charge is 2.19. The van der Waals surface area contributed by atoms with Crippen LogP contribution in [-0.2, 0) is 10.0 Å². The highest BCUT2D eigenvalue weighted by Crippen LogP contribution is 2.16. The Kier molecular flexibility index (Phi) is 4.21. The van der Waals surface area contributed by atoms with E-state index in [4.69, 9.17) is 0 Å². The zero-order valence-electron chi connectivity index (χ0n) is 10.8. The lowest BCUT2D eigenvalue weighted by atomic mass is 9.96. The molecule has 0 aliphatic heterocycles. The molecule has 2 N–H and O–H groups in total. The van der Waals surface area contributed by atoms with Crippen LogP contribution in [0.5, 0.6) is 0 Å². The van der Waals surface area contributed by atoms with Gasteiger partial charge in [0.2, 0.25) is 0 Å². The van der Waals surface area contributed by atoms with Crippen LogP contribution in [0.2, 0.25) is 0 Å². The number of aliphatic hydroxyl groups excluding tert-OH is 1. The molecule has 2 rings (SSSR count). The van der Waals surface area contributed by atoms with Gasteiger partial charge in [-0.2, -0.15) is 13.5 Å². The quantitative estimate of drug-likeness (QED) is 0.826. The van der Waals surface area contributed by atoms with Crippen molar-refractivity contribution < 1.29 is 13.5 Å². The summed E-state index contributed by atoms with van der Waals surface area (Å²) in [5.41, 5.74) is 1.51. The minimum atomic E-state index is -3.65. The Morgan fingerprint density at radius 2 is 1.95 bits per heavy atom. The summed E-state index contributed by atoms with van der Waals surface area (Å²) in [6.45, 7) is 1.89. The lowest BCUT2D eigenvalue weighted by Gasteiger charge is -2.18. The first kappa shape index (κ1) is 14.0. The van der Waals surface area contributed by atoms with E-state index in [1.165, 1.54) is 12.1 Å². The van der Waals surface area contributed by atoms with Crippen LogP contribution in [0.3, 0.4) is 0 Å². The molecule has 0 bridgehead atoms. The number of benzene rings is 1. The Morgan fingerprint density at radius 1 is 1.26 bits per heavy atom. The first-order chi connectivity index (χ1) is 8.99. The molecule has 1 saturated carbocycles. The molecule has 1 aliphatic carbocycles. The van der Waals surface area contributed by atoms with E-state index in [0.717, 1.165) is 18.4 Å². The molecular weight excluding hydrogens is 264 g/mol. The van der Waals surface area contributed by atoms with E-state index in [9.17, 15) is 13.5 Å². The predicted molar refractivity (Wildman–Crippen MR) is 73.4 cm³/mol. The van der Waals surface area contributed by atoms with Crippen molar-refractivity contribution in [1.29, 1.82) is 0 Å². The number of hydrazone groups is 1. The smallest absolute Gasteiger partial charge is 0.276 e. The lowest BCUT2D eigenvalue weighted by Crippen LogP contribution is -2.28. The van der Waals surface area contributed by atoms with E-state index in [0.29, 0.717) is 18.6 Å². The third-order valence-corrected chi connectivity index (χ3v) is 4.41. The summed E-state index contributed by atoms with van der Waals surface area (Å²) in [6.07, 6.45) is 2.53. The van der Waals surface area contributed by atoms with E-state index >= 15 is 0 Å². The molecular formula is C13H18N2O3S. The normalized spacial score (nSPS) is 22.4. The number of hydrogen-bond acceptors (Lipinski definition) is 4. The predicted octanol–water partition coefficient (Wildman–Crippen LogP) is 1.56. The van der Waals surface area contributed by atoms with Crippen molar-refractivity contribution in [1.82, 2.24) is 4.83 Å². The molecule has 6 heteroatoms. The summed E-state index contributed by atoms with van der Waals surface area (Å²) >= 11 is 0. The highest BCUT2D eigenvalue weighted by molar-refractivity contribution is 7.89. The van der Waals surface area contributed by atoms with Crippen LogP contribution in [0.25, 0.3) is 0 Å². The fraction of sp³-hybridized carbons (Fsp3) is 0.462. The Labute approximate surface area is 113 Å². The van der Waals surface area contributed by atoms with Crippen molar-refractivity contribution in [3.05, 3.63) is 29.8 Å². The second kappa shape index (κ2) is 5.71. The first-order valence-electron chi connectivity index (χ1n) is 6.32. The van der Waals surface area contributed by atoms with E-state index in [1.807, 2.05) is 6.92 Å². The van der Waals surface area contributed by atoms with Gasteiger partial charge < -0.3 is 5.11 Å². The summed E-state index contributed by atoms with van der Waals surface area (Å²) in [6, 6.07) is 6.54. The molecule has 1 aromatic rings. The second-order valence-electron chi connectivity index (χ2n) is 4.77. The van der Waals surface area contributed by atoms with E-state index < -0.39 is 16.1 Å². The maximum absolute atomic E-state index is 12.0. The summed E-state index contributed by atoms with van der Waals surface area (Å²) in [5, 5.41) is 13.6. The van der Waals surface area contributed by atoms with Gasteiger partial charge in [-0.3, -0.25) is 0 Å². The van der Waals surface area contributed by atoms with Crippen LogP contribution >= 0.6 is 0 Å². The third kappa shape index (κ3) is 3.54. The fourth-order valence-corrected chi connectivity index (χ4v) is 2.83. The van der Waals surface area contributed by atoms with Crippen LogP contribution in [0.1, 0.15) is 31.2 Å². The fourth-order valence-electron chi connectivity index (χ4n) is 2.00. The maximum Gasteiger partial charge on any atom is 0.276 e. The molecule has 0 radical (unpaired) electrons. The molecule has 5 nitrogen and oxygen atoms in total. The molecule has 0 saturated heterocycles. The average molecular weight is 282 g/mol. The molecule has 1 atom stereocenters.